The van der Waals surface area contributed by atoms with Gasteiger partial charge in [-0.05, 0) is 65.3 Å². The number of ether oxygens (including phenoxy) is 2. The zero-order valence-corrected chi connectivity index (χ0v) is 22.8. The van der Waals surface area contributed by atoms with Crippen LogP contribution < -0.4 is 15.0 Å². The van der Waals surface area contributed by atoms with Gasteiger partial charge in [0.25, 0.3) is 5.91 Å². The monoisotopic (exact) mass is 527 g/mol. The summed E-state index contributed by atoms with van der Waals surface area (Å²) in [6.45, 7) is 11.7. The first-order chi connectivity index (χ1) is 16.8. The van der Waals surface area contributed by atoms with E-state index in [0.29, 0.717) is 40.2 Å². The number of fused-ring (bicyclic) bond motifs is 3. The molecular formula is C27H30ClN3O4S. The lowest BCUT2D eigenvalue weighted by Crippen LogP contribution is -2.48. The lowest BCUT2D eigenvalue weighted by atomic mass is 10.1. The number of carbonyl (C=O) groups excluding carboxylic acids is 2. The Hall–Kier alpha value is -3.10. The van der Waals surface area contributed by atoms with Gasteiger partial charge in [0.2, 0.25) is 0 Å². The summed E-state index contributed by atoms with van der Waals surface area (Å²) in [7, 11) is 0. The predicted molar refractivity (Wildman–Crippen MR) is 145 cm³/mol. The van der Waals surface area contributed by atoms with E-state index in [4.69, 9.17) is 21.1 Å². The number of thiophene rings is 1. The highest BCUT2D eigenvalue weighted by atomic mass is 35.5. The third kappa shape index (κ3) is 5.65. The molecule has 190 valence electrons. The van der Waals surface area contributed by atoms with E-state index in [0.717, 1.165) is 16.0 Å². The summed E-state index contributed by atoms with van der Waals surface area (Å²) in [4.78, 5) is 33.7. The molecule has 7 nitrogen and oxygen atoms in total. The molecule has 0 bridgehead atoms. The Morgan fingerprint density at radius 3 is 2.53 bits per heavy atom. The summed E-state index contributed by atoms with van der Waals surface area (Å²) in [5.74, 6) is 0.820. The number of amides is 2. The number of benzene rings is 1. The minimum Gasteiger partial charge on any atom is -0.492 e. The van der Waals surface area contributed by atoms with E-state index in [9.17, 15) is 9.59 Å². The normalized spacial score (nSPS) is 13.1. The van der Waals surface area contributed by atoms with Gasteiger partial charge in [-0.25, -0.2) is 9.78 Å². The van der Waals surface area contributed by atoms with Crippen LogP contribution in [-0.2, 0) is 11.2 Å². The van der Waals surface area contributed by atoms with Gasteiger partial charge >= 0.3 is 6.09 Å². The predicted octanol–water partition coefficient (Wildman–Crippen LogP) is 7.19. The van der Waals surface area contributed by atoms with E-state index in [1.807, 2.05) is 59.7 Å². The molecule has 0 saturated carbocycles. The second-order valence-corrected chi connectivity index (χ2v) is 12.0. The van der Waals surface area contributed by atoms with E-state index in [2.05, 4.69) is 10.3 Å². The summed E-state index contributed by atoms with van der Waals surface area (Å²) in [6, 6.07) is 10.8. The number of halogens is 1. The van der Waals surface area contributed by atoms with Crippen molar-refractivity contribution in [3.8, 4) is 16.2 Å². The third-order valence-electron chi connectivity index (χ3n) is 5.36. The quantitative estimate of drug-likeness (QED) is 0.390. The smallest absolute Gasteiger partial charge is 0.416 e. The van der Waals surface area contributed by atoms with Crippen molar-refractivity contribution < 1.29 is 19.1 Å². The van der Waals surface area contributed by atoms with Crippen molar-refractivity contribution in [3.63, 3.8) is 0 Å². The molecule has 1 aliphatic rings. The van der Waals surface area contributed by atoms with Gasteiger partial charge in [0.15, 0.2) is 0 Å². The first-order valence-electron chi connectivity index (χ1n) is 11.7. The molecule has 2 amide bonds. The molecule has 3 heterocycles. The average Bonchev–Trinajstić information content (AvgIpc) is 3.10. The van der Waals surface area contributed by atoms with E-state index >= 15 is 0 Å². The van der Waals surface area contributed by atoms with Crippen LogP contribution in [0.3, 0.4) is 0 Å². The van der Waals surface area contributed by atoms with Crippen molar-refractivity contribution in [2.24, 2.45) is 0 Å². The topological polar surface area (TPSA) is 80.8 Å². The SMILES string of the molecule is CC(C)(C)OC(=O)N(c1cc2c(cn1)-c1sc(C(=O)Nc3ccccc3Cl)cc1CCO2)C(C)(C)C. The summed E-state index contributed by atoms with van der Waals surface area (Å²) in [5.41, 5.74) is 1.14. The van der Waals surface area contributed by atoms with Crippen LogP contribution in [0.4, 0.5) is 16.3 Å². The Kier molecular flexibility index (Phi) is 7.03. The van der Waals surface area contributed by atoms with Gasteiger partial charge in [0, 0.05) is 29.1 Å². The van der Waals surface area contributed by atoms with Gasteiger partial charge in [0.05, 0.1) is 27.8 Å². The fourth-order valence-electron chi connectivity index (χ4n) is 3.83. The fraction of sp³-hybridized carbons (Fsp3) is 0.370. The number of anilines is 2. The van der Waals surface area contributed by atoms with Crippen molar-refractivity contribution in [2.75, 3.05) is 16.8 Å². The van der Waals surface area contributed by atoms with Gasteiger partial charge in [-0.15, -0.1) is 11.3 Å². The number of carbonyl (C=O) groups is 2. The fourth-order valence-corrected chi connectivity index (χ4v) is 5.13. The molecule has 1 aliphatic heterocycles. The lowest BCUT2D eigenvalue weighted by molar-refractivity contribution is 0.0548. The zero-order chi connectivity index (χ0) is 26.3. The molecule has 0 saturated heterocycles. The maximum absolute atomic E-state index is 13.1. The second-order valence-electron chi connectivity index (χ2n) is 10.5. The highest BCUT2D eigenvalue weighted by molar-refractivity contribution is 7.17. The first kappa shape index (κ1) is 26.0. The lowest BCUT2D eigenvalue weighted by Gasteiger charge is -2.36. The van der Waals surface area contributed by atoms with Crippen LogP contribution >= 0.6 is 22.9 Å². The van der Waals surface area contributed by atoms with Gasteiger partial charge < -0.3 is 14.8 Å². The van der Waals surface area contributed by atoms with Gasteiger partial charge in [-0.3, -0.25) is 9.69 Å². The highest BCUT2D eigenvalue weighted by Crippen LogP contribution is 2.42. The second kappa shape index (κ2) is 9.75. The Labute approximate surface area is 220 Å². The van der Waals surface area contributed by atoms with Gasteiger partial charge in [-0.1, -0.05) is 23.7 Å². The van der Waals surface area contributed by atoms with E-state index in [-0.39, 0.29) is 5.91 Å². The van der Waals surface area contributed by atoms with Crippen LogP contribution in [0.25, 0.3) is 10.4 Å². The number of hydrogen-bond acceptors (Lipinski definition) is 6. The largest absolute Gasteiger partial charge is 0.492 e. The summed E-state index contributed by atoms with van der Waals surface area (Å²) in [5, 5.41) is 3.36. The number of para-hydroxylation sites is 1. The number of aromatic nitrogens is 1. The van der Waals surface area contributed by atoms with Gasteiger partial charge in [-0.2, -0.15) is 0 Å². The van der Waals surface area contributed by atoms with E-state index in [1.54, 1.807) is 24.4 Å². The molecule has 1 N–H and O–H groups in total. The number of nitrogens with zero attached hydrogens (tertiary/aromatic N) is 2. The summed E-state index contributed by atoms with van der Waals surface area (Å²) in [6.07, 6.45) is 1.86. The van der Waals surface area contributed by atoms with Crippen LogP contribution in [0.2, 0.25) is 5.02 Å². The Balaban J connectivity index is 1.67. The molecule has 1 aromatic carbocycles. The van der Waals surface area contributed by atoms with Crippen molar-refractivity contribution in [3.05, 3.63) is 58.1 Å². The molecule has 9 heteroatoms. The summed E-state index contributed by atoms with van der Waals surface area (Å²) >= 11 is 7.58. The number of rotatable bonds is 3. The molecule has 0 radical (unpaired) electrons. The van der Waals surface area contributed by atoms with Crippen LogP contribution in [0, 0.1) is 0 Å². The van der Waals surface area contributed by atoms with E-state index in [1.165, 1.54) is 16.2 Å². The molecule has 0 spiro atoms. The Morgan fingerprint density at radius 1 is 1.14 bits per heavy atom. The molecule has 0 fully saturated rings. The molecular weight excluding hydrogens is 498 g/mol. The van der Waals surface area contributed by atoms with Crippen LogP contribution in [0.5, 0.6) is 5.75 Å². The van der Waals surface area contributed by atoms with Crippen molar-refractivity contribution >= 4 is 46.4 Å². The summed E-state index contributed by atoms with van der Waals surface area (Å²) < 4.78 is 11.7. The van der Waals surface area contributed by atoms with Crippen LogP contribution in [-0.4, -0.2) is 34.7 Å². The number of nitrogens with one attached hydrogen (secondary N) is 1. The Bertz CT molecular complexity index is 1310. The van der Waals surface area contributed by atoms with Crippen LogP contribution in [0.1, 0.15) is 56.8 Å². The first-order valence-corrected chi connectivity index (χ1v) is 12.9. The highest BCUT2D eigenvalue weighted by Gasteiger charge is 2.34. The molecule has 36 heavy (non-hydrogen) atoms. The van der Waals surface area contributed by atoms with Crippen molar-refractivity contribution in [2.45, 2.75) is 59.1 Å². The molecule has 4 rings (SSSR count). The van der Waals surface area contributed by atoms with Crippen molar-refractivity contribution in [1.29, 1.82) is 0 Å². The number of hydrogen-bond donors (Lipinski definition) is 1. The molecule has 2 aromatic heterocycles. The van der Waals surface area contributed by atoms with Gasteiger partial charge in [0.1, 0.15) is 17.2 Å². The maximum atomic E-state index is 13.1. The number of pyridine rings is 1. The van der Waals surface area contributed by atoms with Crippen molar-refractivity contribution in [1.82, 2.24) is 4.98 Å². The maximum Gasteiger partial charge on any atom is 0.416 e. The van der Waals surface area contributed by atoms with E-state index < -0.39 is 17.2 Å². The molecule has 3 aromatic rings. The standard InChI is InChI=1S/C27H30ClN3O4S/c1-26(2,3)31(25(33)35-27(4,5)6)22-14-20-17(15-29-22)23-16(11-12-34-20)13-21(36-23)24(32)30-19-10-8-7-9-18(19)28/h7-10,13-15H,11-12H2,1-6H3,(H,30,32). The average molecular weight is 528 g/mol. The Morgan fingerprint density at radius 2 is 1.86 bits per heavy atom. The minimum absolute atomic E-state index is 0.225. The minimum atomic E-state index is -0.643. The van der Waals surface area contributed by atoms with Crippen LogP contribution in [0.15, 0.2) is 42.6 Å². The molecule has 0 unspecified atom stereocenters. The molecule has 0 aliphatic carbocycles. The third-order valence-corrected chi connectivity index (χ3v) is 6.89. The molecule has 0 atom stereocenters. The zero-order valence-electron chi connectivity index (χ0n) is 21.3.